The van der Waals surface area contributed by atoms with E-state index in [4.69, 9.17) is 0 Å². The van der Waals surface area contributed by atoms with Gasteiger partial charge in [-0.25, -0.2) is 4.98 Å². The highest BCUT2D eigenvalue weighted by atomic mass is 16.1. The van der Waals surface area contributed by atoms with Gasteiger partial charge in [0.15, 0.2) is 0 Å². The lowest BCUT2D eigenvalue weighted by Gasteiger charge is -2.32. The molecule has 0 bridgehead atoms. The molecule has 1 aromatic carbocycles. The maximum Gasteiger partial charge on any atom is 0.220 e. The van der Waals surface area contributed by atoms with Crippen molar-refractivity contribution in [2.45, 2.75) is 38.1 Å². The molecule has 4 rings (SSSR count). The zero-order chi connectivity index (χ0) is 18.5. The number of nitrogens with one attached hydrogen (secondary N) is 2. The molecule has 1 saturated heterocycles. The fourth-order valence-corrected chi connectivity index (χ4v) is 3.79. The summed E-state index contributed by atoms with van der Waals surface area (Å²) in [5.74, 6) is 1.08. The van der Waals surface area contributed by atoms with Crippen molar-refractivity contribution in [3.05, 3.63) is 54.6 Å². The van der Waals surface area contributed by atoms with Crippen LogP contribution in [0.3, 0.4) is 0 Å². The Morgan fingerprint density at radius 3 is 2.89 bits per heavy atom. The predicted molar refractivity (Wildman–Crippen MR) is 107 cm³/mol. The summed E-state index contributed by atoms with van der Waals surface area (Å²) in [4.78, 5) is 26.3. The number of nitrogens with zero attached hydrogens (tertiary/aromatic N) is 3. The van der Waals surface area contributed by atoms with Gasteiger partial charge in [-0.05, 0) is 37.3 Å². The summed E-state index contributed by atoms with van der Waals surface area (Å²) in [6.45, 7) is 1.80. The lowest BCUT2D eigenvalue weighted by atomic mass is 10.0. The lowest BCUT2D eigenvalue weighted by Crippen LogP contribution is -2.44. The van der Waals surface area contributed by atoms with Gasteiger partial charge < -0.3 is 15.2 Å². The standard InChI is InChI=1S/C21H25N5O/c27-21(7-3-4-16-14-24-19-6-2-1-5-18(16)19)25-17-8-12-26(13-9-17)20-15-22-10-11-23-20/h1-2,5-6,10-11,14-15,17,24H,3-4,7-9,12-13H2,(H,25,27). The van der Waals surface area contributed by atoms with Crippen LogP contribution in [0.1, 0.15) is 31.2 Å². The Morgan fingerprint density at radius 1 is 1.22 bits per heavy atom. The summed E-state index contributed by atoms with van der Waals surface area (Å²) >= 11 is 0. The molecule has 1 fully saturated rings. The van der Waals surface area contributed by atoms with Gasteiger partial charge in [0, 0.05) is 55.0 Å². The van der Waals surface area contributed by atoms with E-state index in [0.717, 1.165) is 50.1 Å². The predicted octanol–water partition coefficient (Wildman–Crippen LogP) is 3.07. The molecule has 1 amide bonds. The Bertz CT molecular complexity index is 884. The van der Waals surface area contributed by atoms with Crippen LogP contribution in [-0.4, -0.2) is 40.0 Å². The maximum atomic E-state index is 12.3. The molecule has 0 unspecified atom stereocenters. The van der Waals surface area contributed by atoms with Gasteiger partial charge in [0.2, 0.25) is 5.91 Å². The number of para-hydroxylation sites is 1. The second-order valence-electron chi connectivity index (χ2n) is 7.11. The van der Waals surface area contributed by atoms with Crippen LogP contribution in [0.15, 0.2) is 49.1 Å². The summed E-state index contributed by atoms with van der Waals surface area (Å²) in [6.07, 6.45) is 11.5. The minimum absolute atomic E-state index is 0.160. The number of aromatic amines is 1. The summed E-state index contributed by atoms with van der Waals surface area (Å²) in [5.41, 5.74) is 2.45. The zero-order valence-electron chi connectivity index (χ0n) is 15.4. The van der Waals surface area contributed by atoms with E-state index in [9.17, 15) is 4.79 Å². The molecular formula is C21H25N5O. The molecule has 0 spiro atoms. The van der Waals surface area contributed by atoms with Crippen LogP contribution >= 0.6 is 0 Å². The van der Waals surface area contributed by atoms with Crippen LogP contribution in [0.2, 0.25) is 0 Å². The number of rotatable bonds is 6. The summed E-state index contributed by atoms with van der Waals surface area (Å²) in [7, 11) is 0. The van der Waals surface area contributed by atoms with Crippen LogP contribution in [0.25, 0.3) is 10.9 Å². The SMILES string of the molecule is O=C(CCCc1c[nH]c2ccccc12)NC1CCN(c2cnccn2)CC1. The van der Waals surface area contributed by atoms with Crippen molar-refractivity contribution in [1.29, 1.82) is 0 Å². The van der Waals surface area contributed by atoms with Gasteiger partial charge in [-0.1, -0.05) is 18.2 Å². The van der Waals surface area contributed by atoms with Gasteiger partial charge >= 0.3 is 0 Å². The fraction of sp³-hybridized carbons (Fsp3) is 0.381. The molecule has 3 heterocycles. The summed E-state index contributed by atoms with van der Waals surface area (Å²) in [5, 5.41) is 4.46. The topological polar surface area (TPSA) is 73.9 Å². The average Bonchev–Trinajstić information content (AvgIpc) is 3.12. The zero-order valence-corrected chi connectivity index (χ0v) is 15.4. The molecule has 1 aliphatic rings. The van der Waals surface area contributed by atoms with Crippen molar-refractivity contribution in [1.82, 2.24) is 20.3 Å². The van der Waals surface area contributed by atoms with Gasteiger partial charge in [-0.15, -0.1) is 0 Å². The van der Waals surface area contributed by atoms with Crippen molar-refractivity contribution in [2.24, 2.45) is 0 Å². The van der Waals surface area contributed by atoms with E-state index in [1.165, 1.54) is 10.9 Å². The Balaban J connectivity index is 1.20. The van der Waals surface area contributed by atoms with Crippen molar-refractivity contribution in [3.8, 4) is 0 Å². The van der Waals surface area contributed by atoms with Gasteiger partial charge in [0.05, 0.1) is 6.20 Å². The lowest BCUT2D eigenvalue weighted by molar-refractivity contribution is -0.122. The molecule has 6 nitrogen and oxygen atoms in total. The normalized spacial score (nSPS) is 15.2. The number of carbonyl (C=O) groups excluding carboxylic acids is 1. The number of carbonyl (C=O) groups is 1. The largest absolute Gasteiger partial charge is 0.361 e. The first kappa shape index (κ1) is 17.5. The fourth-order valence-electron chi connectivity index (χ4n) is 3.79. The van der Waals surface area contributed by atoms with Crippen molar-refractivity contribution < 1.29 is 4.79 Å². The van der Waals surface area contributed by atoms with Crippen LogP contribution in [-0.2, 0) is 11.2 Å². The van der Waals surface area contributed by atoms with E-state index < -0.39 is 0 Å². The average molecular weight is 363 g/mol. The number of amides is 1. The van der Waals surface area contributed by atoms with Crippen LogP contribution in [0.4, 0.5) is 5.82 Å². The second kappa shape index (κ2) is 8.20. The Labute approximate surface area is 159 Å². The molecule has 27 heavy (non-hydrogen) atoms. The molecule has 0 saturated carbocycles. The van der Waals surface area contributed by atoms with E-state index in [1.54, 1.807) is 18.6 Å². The Hall–Kier alpha value is -2.89. The minimum atomic E-state index is 0.160. The van der Waals surface area contributed by atoms with Gasteiger partial charge in [-0.2, -0.15) is 0 Å². The van der Waals surface area contributed by atoms with Crippen molar-refractivity contribution in [2.75, 3.05) is 18.0 Å². The molecule has 140 valence electrons. The van der Waals surface area contributed by atoms with E-state index >= 15 is 0 Å². The maximum absolute atomic E-state index is 12.3. The quantitative estimate of drug-likeness (QED) is 0.706. The van der Waals surface area contributed by atoms with Gasteiger partial charge in [0.1, 0.15) is 5.82 Å². The highest BCUT2D eigenvalue weighted by molar-refractivity contribution is 5.83. The van der Waals surface area contributed by atoms with Crippen molar-refractivity contribution >= 4 is 22.6 Å². The van der Waals surface area contributed by atoms with E-state index in [1.807, 2.05) is 6.07 Å². The molecule has 0 aliphatic carbocycles. The highest BCUT2D eigenvalue weighted by Gasteiger charge is 2.21. The van der Waals surface area contributed by atoms with Gasteiger partial charge in [0.25, 0.3) is 0 Å². The van der Waals surface area contributed by atoms with E-state index in [-0.39, 0.29) is 11.9 Å². The first-order valence-electron chi connectivity index (χ1n) is 9.65. The molecule has 3 aromatic rings. The number of fused-ring (bicyclic) bond motifs is 1. The molecule has 0 atom stereocenters. The first-order chi connectivity index (χ1) is 13.3. The highest BCUT2D eigenvalue weighted by Crippen LogP contribution is 2.20. The third kappa shape index (κ3) is 4.27. The number of hydrogen-bond acceptors (Lipinski definition) is 4. The summed E-state index contributed by atoms with van der Waals surface area (Å²) < 4.78 is 0. The van der Waals surface area contributed by atoms with Crippen LogP contribution in [0, 0.1) is 0 Å². The van der Waals surface area contributed by atoms with Crippen LogP contribution in [0.5, 0.6) is 0 Å². The Kier molecular flexibility index (Phi) is 5.32. The Morgan fingerprint density at radius 2 is 2.07 bits per heavy atom. The number of aromatic nitrogens is 3. The van der Waals surface area contributed by atoms with E-state index in [2.05, 4.69) is 49.6 Å². The molecule has 2 aromatic heterocycles. The number of aryl methyl sites for hydroxylation is 1. The molecule has 0 radical (unpaired) electrons. The molecular weight excluding hydrogens is 338 g/mol. The molecule has 6 heteroatoms. The third-order valence-electron chi connectivity index (χ3n) is 5.26. The van der Waals surface area contributed by atoms with Gasteiger partial charge in [-0.3, -0.25) is 9.78 Å². The van der Waals surface area contributed by atoms with E-state index in [0.29, 0.717) is 6.42 Å². The minimum Gasteiger partial charge on any atom is -0.361 e. The molecule has 2 N–H and O–H groups in total. The smallest absolute Gasteiger partial charge is 0.220 e. The number of benzene rings is 1. The second-order valence-corrected chi connectivity index (χ2v) is 7.11. The van der Waals surface area contributed by atoms with Crippen molar-refractivity contribution in [3.63, 3.8) is 0 Å². The number of H-pyrrole nitrogens is 1. The third-order valence-corrected chi connectivity index (χ3v) is 5.26. The number of piperidine rings is 1. The summed E-state index contributed by atoms with van der Waals surface area (Å²) in [6, 6.07) is 8.56. The monoisotopic (exact) mass is 363 g/mol. The number of anilines is 1. The van der Waals surface area contributed by atoms with Crippen LogP contribution < -0.4 is 10.2 Å². The first-order valence-corrected chi connectivity index (χ1v) is 9.65. The number of hydrogen-bond donors (Lipinski definition) is 2. The molecule has 1 aliphatic heterocycles.